The molecule has 4 rings (SSSR count). The first kappa shape index (κ1) is 18.7. The Kier molecular flexibility index (Phi) is 4.93. The lowest BCUT2D eigenvalue weighted by Gasteiger charge is -2.34. The van der Waals surface area contributed by atoms with Crippen molar-refractivity contribution in [2.45, 2.75) is 45.6 Å². The van der Waals surface area contributed by atoms with Gasteiger partial charge < -0.3 is 9.73 Å². The fourth-order valence-corrected chi connectivity index (χ4v) is 3.97. The number of piperidine rings is 1. The highest BCUT2D eigenvalue weighted by atomic mass is 16.3. The minimum absolute atomic E-state index is 0.00239. The second kappa shape index (κ2) is 7.39. The van der Waals surface area contributed by atoms with E-state index in [1.807, 2.05) is 52.1 Å². The molecule has 7 heteroatoms. The number of nitrogens with zero attached hydrogens (tertiary/aromatic N) is 4. The quantitative estimate of drug-likeness (QED) is 0.750. The van der Waals surface area contributed by atoms with Crippen molar-refractivity contribution >= 4 is 22.7 Å². The zero-order valence-electron chi connectivity index (χ0n) is 16.9. The molecule has 1 N–H and O–H groups in total. The Bertz CT molecular complexity index is 973. The lowest BCUT2D eigenvalue weighted by atomic mass is 9.96. The largest absolute Gasteiger partial charge is 0.440 e. The summed E-state index contributed by atoms with van der Waals surface area (Å²) in [6, 6.07) is 7.61. The van der Waals surface area contributed by atoms with Crippen LogP contribution in [-0.4, -0.2) is 44.7 Å². The Hall–Kier alpha value is -2.67. The highest BCUT2D eigenvalue weighted by Gasteiger charge is 2.31. The first-order chi connectivity index (χ1) is 13.4. The Morgan fingerprint density at radius 3 is 2.82 bits per heavy atom. The number of oxazole rings is 1. The molecule has 0 bridgehead atoms. The SMILES string of the molecule is Cc1nn(C)c(C)c1NC(=O)[C@H](C)N1CCC[C@H](c2nc3ccccc3o2)C1. The van der Waals surface area contributed by atoms with Crippen molar-refractivity contribution < 1.29 is 9.21 Å². The highest BCUT2D eigenvalue weighted by molar-refractivity contribution is 5.95. The minimum Gasteiger partial charge on any atom is -0.440 e. The Morgan fingerprint density at radius 2 is 2.11 bits per heavy atom. The predicted octanol–water partition coefficient (Wildman–Crippen LogP) is 3.38. The smallest absolute Gasteiger partial charge is 0.241 e. The van der Waals surface area contributed by atoms with Gasteiger partial charge in [-0.25, -0.2) is 4.98 Å². The molecule has 3 heterocycles. The Balaban J connectivity index is 1.46. The number of carbonyl (C=O) groups excluding carboxylic acids is 1. The van der Waals surface area contributed by atoms with Crippen molar-refractivity contribution in [2.75, 3.05) is 18.4 Å². The second-order valence-corrected chi connectivity index (χ2v) is 7.69. The Labute approximate surface area is 164 Å². The van der Waals surface area contributed by atoms with E-state index in [1.165, 1.54) is 0 Å². The number of aromatic nitrogens is 3. The van der Waals surface area contributed by atoms with E-state index in [4.69, 9.17) is 4.42 Å². The van der Waals surface area contributed by atoms with Crippen LogP contribution in [0.2, 0.25) is 0 Å². The van der Waals surface area contributed by atoms with Crippen LogP contribution >= 0.6 is 0 Å². The molecule has 2 aromatic heterocycles. The summed E-state index contributed by atoms with van der Waals surface area (Å²) in [5.41, 5.74) is 4.32. The predicted molar refractivity (Wildman–Crippen MR) is 108 cm³/mol. The fraction of sp³-hybridized carbons (Fsp3) is 0.476. The summed E-state index contributed by atoms with van der Waals surface area (Å²) in [7, 11) is 1.89. The third-order valence-corrected chi connectivity index (χ3v) is 5.80. The number of aryl methyl sites for hydroxylation is 2. The first-order valence-electron chi connectivity index (χ1n) is 9.84. The van der Waals surface area contributed by atoms with Crippen molar-refractivity contribution in [3.63, 3.8) is 0 Å². The highest BCUT2D eigenvalue weighted by Crippen LogP contribution is 2.30. The summed E-state index contributed by atoms with van der Waals surface area (Å²) in [4.78, 5) is 19.8. The van der Waals surface area contributed by atoms with E-state index in [2.05, 4.69) is 20.3 Å². The molecule has 0 saturated carbocycles. The van der Waals surface area contributed by atoms with Crippen LogP contribution in [0.25, 0.3) is 11.1 Å². The second-order valence-electron chi connectivity index (χ2n) is 7.69. The number of anilines is 1. The molecule has 1 aromatic carbocycles. The third-order valence-electron chi connectivity index (χ3n) is 5.80. The summed E-state index contributed by atoms with van der Waals surface area (Å²) >= 11 is 0. The molecule has 7 nitrogen and oxygen atoms in total. The normalized spacial score (nSPS) is 19.1. The van der Waals surface area contributed by atoms with Gasteiger partial charge in [0.15, 0.2) is 11.5 Å². The van der Waals surface area contributed by atoms with Crippen LogP contribution in [0.4, 0.5) is 5.69 Å². The zero-order valence-corrected chi connectivity index (χ0v) is 16.9. The molecule has 1 aliphatic rings. The molecule has 0 aliphatic carbocycles. The summed E-state index contributed by atoms with van der Waals surface area (Å²) in [6.45, 7) is 7.51. The van der Waals surface area contributed by atoms with Gasteiger partial charge in [-0.1, -0.05) is 12.1 Å². The lowest BCUT2D eigenvalue weighted by Crippen LogP contribution is -2.46. The molecule has 0 unspecified atom stereocenters. The van der Waals surface area contributed by atoms with Crippen LogP contribution in [0, 0.1) is 13.8 Å². The van der Waals surface area contributed by atoms with Crippen LogP contribution in [-0.2, 0) is 11.8 Å². The van der Waals surface area contributed by atoms with Gasteiger partial charge in [0.2, 0.25) is 5.91 Å². The lowest BCUT2D eigenvalue weighted by molar-refractivity contribution is -0.121. The topological polar surface area (TPSA) is 76.2 Å². The molecule has 1 fully saturated rings. The summed E-state index contributed by atoms with van der Waals surface area (Å²) in [5.74, 6) is 0.980. The van der Waals surface area contributed by atoms with Gasteiger partial charge in [0.1, 0.15) is 5.52 Å². The summed E-state index contributed by atoms with van der Waals surface area (Å²) in [5, 5.41) is 7.45. The number of rotatable bonds is 4. The van der Waals surface area contributed by atoms with Gasteiger partial charge in [-0.2, -0.15) is 5.10 Å². The number of hydrogen-bond donors (Lipinski definition) is 1. The van der Waals surface area contributed by atoms with E-state index in [0.717, 1.165) is 60.0 Å². The van der Waals surface area contributed by atoms with Crippen molar-refractivity contribution in [2.24, 2.45) is 7.05 Å². The van der Waals surface area contributed by atoms with Gasteiger partial charge in [0.25, 0.3) is 0 Å². The van der Waals surface area contributed by atoms with E-state index in [9.17, 15) is 4.79 Å². The average Bonchev–Trinajstić information content (AvgIpc) is 3.24. The van der Waals surface area contributed by atoms with Gasteiger partial charge in [0, 0.05) is 19.5 Å². The van der Waals surface area contributed by atoms with Crippen LogP contribution < -0.4 is 5.32 Å². The average molecular weight is 381 g/mol. The minimum atomic E-state index is -0.230. The van der Waals surface area contributed by atoms with Crippen LogP contribution in [0.15, 0.2) is 28.7 Å². The van der Waals surface area contributed by atoms with Crippen molar-refractivity contribution in [1.82, 2.24) is 19.7 Å². The van der Waals surface area contributed by atoms with Gasteiger partial charge in [-0.3, -0.25) is 14.4 Å². The number of hydrogen-bond acceptors (Lipinski definition) is 5. The van der Waals surface area contributed by atoms with Gasteiger partial charge in [0.05, 0.1) is 23.1 Å². The number of likely N-dealkylation sites (tertiary alicyclic amines) is 1. The molecule has 0 radical (unpaired) electrons. The number of fused-ring (bicyclic) bond motifs is 1. The van der Waals surface area contributed by atoms with E-state index in [1.54, 1.807) is 4.68 Å². The zero-order chi connectivity index (χ0) is 19.8. The molecular formula is C21H27N5O2. The van der Waals surface area contributed by atoms with Crippen LogP contribution in [0.3, 0.4) is 0 Å². The number of nitrogens with one attached hydrogen (secondary N) is 1. The van der Waals surface area contributed by atoms with Crippen molar-refractivity contribution in [3.8, 4) is 0 Å². The molecule has 28 heavy (non-hydrogen) atoms. The van der Waals surface area contributed by atoms with E-state index in [0.29, 0.717) is 0 Å². The number of carbonyl (C=O) groups is 1. The van der Waals surface area contributed by atoms with E-state index in [-0.39, 0.29) is 17.9 Å². The number of amides is 1. The number of para-hydroxylation sites is 2. The Morgan fingerprint density at radius 1 is 1.32 bits per heavy atom. The molecule has 2 atom stereocenters. The van der Waals surface area contributed by atoms with Crippen molar-refractivity contribution in [3.05, 3.63) is 41.5 Å². The maximum Gasteiger partial charge on any atom is 0.241 e. The molecule has 1 amide bonds. The van der Waals surface area contributed by atoms with E-state index >= 15 is 0 Å². The summed E-state index contributed by atoms with van der Waals surface area (Å²) in [6.07, 6.45) is 2.05. The van der Waals surface area contributed by atoms with Crippen LogP contribution in [0.5, 0.6) is 0 Å². The molecule has 0 spiro atoms. The van der Waals surface area contributed by atoms with Crippen molar-refractivity contribution in [1.29, 1.82) is 0 Å². The third kappa shape index (κ3) is 3.42. The van der Waals surface area contributed by atoms with Crippen LogP contribution in [0.1, 0.15) is 43.0 Å². The van der Waals surface area contributed by atoms with E-state index < -0.39 is 0 Å². The molecule has 1 aliphatic heterocycles. The fourth-order valence-electron chi connectivity index (χ4n) is 3.97. The van der Waals surface area contributed by atoms with Gasteiger partial charge in [-0.15, -0.1) is 0 Å². The summed E-state index contributed by atoms with van der Waals surface area (Å²) < 4.78 is 7.77. The van der Waals surface area contributed by atoms with Gasteiger partial charge in [-0.05, 0) is 52.3 Å². The first-order valence-corrected chi connectivity index (χ1v) is 9.84. The molecular weight excluding hydrogens is 354 g/mol. The molecule has 1 saturated heterocycles. The maximum absolute atomic E-state index is 12.9. The number of benzene rings is 1. The maximum atomic E-state index is 12.9. The molecule has 148 valence electrons. The monoisotopic (exact) mass is 381 g/mol. The standard InChI is InChI=1S/C21H27N5O2/c1-13-19(14(2)25(4)24-13)23-20(27)15(3)26-11-7-8-16(12-26)21-22-17-9-5-6-10-18(17)28-21/h5-6,9-10,15-16H,7-8,11-12H2,1-4H3,(H,23,27)/t15-,16-/m0/s1. The molecule has 3 aromatic rings. The van der Waals surface area contributed by atoms with Gasteiger partial charge >= 0.3 is 0 Å².